The third kappa shape index (κ3) is 4.88. The summed E-state index contributed by atoms with van der Waals surface area (Å²) in [7, 11) is 0. The first-order valence-electron chi connectivity index (χ1n) is 15.8. The number of rotatable bonds is 7. The zero-order valence-electron chi connectivity index (χ0n) is 24.3. The van der Waals surface area contributed by atoms with Gasteiger partial charge in [-0.3, -0.25) is 9.69 Å². The highest BCUT2D eigenvalue weighted by Crippen LogP contribution is 2.45. The lowest BCUT2D eigenvalue weighted by molar-refractivity contribution is 0.0606. The number of fused-ring (bicyclic) bond motifs is 3. The standard InChI is InChI=1S/C36H42N4O/c1-2-34-37-32-15-9-10-16-33(32)40(34)31-25-29-17-18-30(26-31)39(29)24-21-36(28-13-7-4-8-14-28)19-22-38(23-20-36)35(41)27-11-5-3-6-12-27/h3-16,29-31H,2,17-26H2,1H3/t29-,30+,31?. The molecule has 3 atom stereocenters. The van der Waals surface area contributed by atoms with Crippen LogP contribution in [0.3, 0.4) is 0 Å². The second-order valence-electron chi connectivity index (χ2n) is 12.5. The molecule has 5 nitrogen and oxygen atoms in total. The molecule has 1 unspecified atom stereocenters. The molecular formula is C36H42N4O. The highest BCUT2D eigenvalue weighted by molar-refractivity contribution is 5.94. The van der Waals surface area contributed by atoms with Crippen LogP contribution >= 0.6 is 0 Å². The van der Waals surface area contributed by atoms with Crippen LogP contribution in [0.15, 0.2) is 84.9 Å². The molecule has 7 rings (SSSR count). The number of carbonyl (C=O) groups excluding carboxylic acids is 1. The lowest BCUT2D eigenvalue weighted by atomic mass is 9.70. The van der Waals surface area contributed by atoms with Gasteiger partial charge in [0, 0.05) is 43.2 Å². The van der Waals surface area contributed by atoms with Crippen molar-refractivity contribution in [2.75, 3.05) is 19.6 Å². The van der Waals surface area contributed by atoms with Gasteiger partial charge in [0.25, 0.3) is 5.91 Å². The predicted octanol–water partition coefficient (Wildman–Crippen LogP) is 7.03. The van der Waals surface area contributed by atoms with Crippen molar-refractivity contribution in [3.05, 3.63) is 102 Å². The molecule has 4 aromatic rings. The first-order chi connectivity index (χ1) is 20.1. The molecule has 1 aromatic heterocycles. The van der Waals surface area contributed by atoms with E-state index < -0.39 is 0 Å². The molecular weight excluding hydrogens is 504 g/mol. The van der Waals surface area contributed by atoms with E-state index in [1.165, 1.54) is 42.6 Å². The zero-order valence-corrected chi connectivity index (χ0v) is 24.3. The van der Waals surface area contributed by atoms with E-state index in [1.54, 1.807) is 0 Å². The molecule has 3 fully saturated rings. The van der Waals surface area contributed by atoms with E-state index in [0.717, 1.165) is 56.4 Å². The van der Waals surface area contributed by atoms with E-state index in [-0.39, 0.29) is 11.3 Å². The minimum absolute atomic E-state index is 0.126. The van der Waals surface area contributed by atoms with Gasteiger partial charge in [0.2, 0.25) is 0 Å². The molecule has 212 valence electrons. The van der Waals surface area contributed by atoms with Gasteiger partial charge in [-0.05, 0) is 86.7 Å². The number of hydrogen-bond donors (Lipinski definition) is 0. The molecule has 1 amide bonds. The lowest BCUT2D eigenvalue weighted by Crippen LogP contribution is -2.49. The van der Waals surface area contributed by atoms with Crippen LogP contribution in [0.2, 0.25) is 0 Å². The summed E-state index contributed by atoms with van der Waals surface area (Å²) in [5, 5.41) is 0. The minimum Gasteiger partial charge on any atom is -0.339 e. The second kappa shape index (κ2) is 11.1. The third-order valence-electron chi connectivity index (χ3n) is 10.5. The van der Waals surface area contributed by atoms with Crippen LogP contribution in [0.5, 0.6) is 0 Å². The van der Waals surface area contributed by atoms with E-state index in [2.05, 4.69) is 75.9 Å². The summed E-state index contributed by atoms with van der Waals surface area (Å²) >= 11 is 0. The normalized spacial score (nSPS) is 24.1. The first kappa shape index (κ1) is 26.5. The monoisotopic (exact) mass is 546 g/mol. The van der Waals surface area contributed by atoms with Gasteiger partial charge < -0.3 is 9.47 Å². The largest absolute Gasteiger partial charge is 0.339 e. The number of benzene rings is 3. The van der Waals surface area contributed by atoms with E-state index in [4.69, 9.17) is 4.98 Å². The van der Waals surface area contributed by atoms with Gasteiger partial charge in [0.1, 0.15) is 5.82 Å². The molecule has 0 aliphatic carbocycles. The van der Waals surface area contributed by atoms with Gasteiger partial charge in [-0.25, -0.2) is 4.98 Å². The van der Waals surface area contributed by atoms with Crippen LogP contribution in [-0.4, -0.2) is 57.0 Å². The van der Waals surface area contributed by atoms with E-state index in [9.17, 15) is 4.79 Å². The molecule has 3 saturated heterocycles. The van der Waals surface area contributed by atoms with Gasteiger partial charge in [0.05, 0.1) is 11.0 Å². The van der Waals surface area contributed by atoms with Gasteiger partial charge in [-0.2, -0.15) is 0 Å². The highest BCUT2D eigenvalue weighted by atomic mass is 16.2. The number of nitrogens with zero attached hydrogens (tertiary/aromatic N) is 4. The topological polar surface area (TPSA) is 41.4 Å². The van der Waals surface area contributed by atoms with Gasteiger partial charge in [0.15, 0.2) is 0 Å². The zero-order chi connectivity index (χ0) is 27.8. The first-order valence-corrected chi connectivity index (χ1v) is 15.8. The highest BCUT2D eigenvalue weighted by Gasteiger charge is 2.44. The fourth-order valence-electron chi connectivity index (χ4n) is 8.29. The maximum absolute atomic E-state index is 13.2. The van der Waals surface area contributed by atoms with Crippen molar-refractivity contribution in [3.8, 4) is 0 Å². The quantitative estimate of drug-likeness (QED) is 0.250. The van der Waals surface area contributed by atoms with E-state index in [0.29, 0.717) is 18.1 Å². The number of aryl methyl sites for hydroxylation is 1. The second-order valence-corrected chi connectivity index (χ2v) is 12.5. The Morgan fingerprint density at radius 2 is 1.46 bits per heavy atom. The summed E-state index contributed by atoms with van der Waals surface area (Å²) in [4.78, 5) is 23.2. The number of piperidine rings is 2. The van der Waals surface area contributed by atoms with Crippen molar-refractivity contribution in [2.24, 2.45) is 0 Å². The molecule has 3 aliphatic heterocycles. The third-order valence-corrected chi connectivity index (χ3v) is 10.5. The molecule has 0 spiro atoms. The van der Waals surface area contributed by atoms with Crippen LogP contribution in [-0.2, 0) is 11.8 Å². The van der Waals surface area contributed by atoms with Gasteiger partial charge in [-0.1, -0.05) is 67.6 Å². The molecule has 41 heavy (non-hydrogen) atoms. The smallest absolute Gasteiger partial charge is 0.253 e. The lowest BCUT2D eigenvalue weighted by Gasteiger charge is -2.45. The Bertz CT molecular complexity index is 1470. The summed E-state index contributed by atoms with van der Waals surface area (Å²) < 4.78 is 2.59. The number of likely N-dealkylation sites (tertiary alicyclic amines) is 1. The molecule has 5 heteroatoms. The summed E-state index contributed by atoms with van der Waals surface area (Å²) in [5.41, 5.74) is 4.83. The number of para-hydroxylation sites is 2. The summed E-state index contributed by atoms with van der Waals surface area (Å²) in [5.74, 6) is 1.41. The van der Waals surface area contributed by atoms with Crippen molar-refractivity contribution in [2.45, 2.75) is 81.8 Å². The van der Waals surface area contributed by atoms with Crippen molar-refractivity contribution >= 4 is 16.9 Å². The van der Waals surface area contributed by atoms with E-state index >= 15 is 0 Å². The van der Waals surface area contributed by atoms with Crippen molar-refractivity contribution in [3.63, 3.8) is 0 Å². The number of amides is 1. The summed E-state index contributed by atoms with van der Waals surface area (Å²) in [6.45, 7) is 5.04. The van der Waals surface area contributed by atoms with Crippen LogP contribution in [0, 0.1) is 0 Å². The fourth-order valence-corrected chi connectivity index (χ4v) is 8.29. The Labute approximate surface area is 244 Å². The fraction of sp³-hybridized carbons (Fsp3) is 0.444. The Kier molecular flexibility index (Phi) is 7.16. The molecule has 3 aromatic carbocycles. The average Bonchev–Trinajstić information content (AvgIpc) is 3.53. The van der Waals surface area contributed by atoms with Gasteiger partial charge >= 0.3 is 0 Å². The van der Waals surface area contributed by atoms with Crippen LogP contribution in [0.25, 0.3) is 11.0 Å². The van der Waals surface area contributed by atoms with Gasteiger partial charge in [-0.15, -0.1) is 0 Å². The Balaban J connectivity index is 1.07. The number of imidazole rings is 1. The number of carbonyl (C=O) groups is 1. The molecule has 0 radical (unpaired) electrons. The van der Waals surface area contributed by atoms with Crippen LogP contribution in [0.1, 0.15) is 79.7 Å². The van der Waals surface area contributed by atoms with Crippen molar-refractivity contribution in [1.29, 1.82) is 0 Å². The summed E-state index contributed by atoms with van der Waals surface area (Å²) in [6.07, 6.45) is 9.28. The maximum Gasteiger partial charge on any atom is 0.253 e. The average molecular weight is 547 g/mol. The molecule has 2 bridgehead atoms. The molecule has 4 heterocycles. The van der Waals surface area contributed by atoms with Crippen LogP contribution < -0.4 is 0 Å². The predicted molar refractivity (Wildman–Crippen MR) is 165 cm³/mol. The summed E-state index contributed by atoms with van der Waals surface area (Å²) in [6, 6.07) is 31.5. The molecule has 0 N–H and O–H groups in total. The van der Waals surface area contributed by atoms with Crippen molar-refractivity contribution < 1.29 is 4.79 Å². The maximum atomic E-state index is 13.2. The van der Waals surface area contributed by atoms with Crippen LogP contribution in [0.4, 0.5) is 0 Å². The SMILES string of the molecule is CCc1nc2ccccc2n1C1C[C@H]2CC[C@@H](C1)N2CCC1(c2ccccc2)CCN(C(=O)c2ccccc2)CC1. The minimum atomic E-state index is 0.126. The Morgan fingerprint density at radius 3 is 2.15 bits per heavy atom. The number of hydrogen-bond acceptors (Lipinski definition) is 3. The molecule has 3 aliphatic rings. The number of aromatic nitrogens is 2. The molecule has 0 saturated carbocycles. The Morgan fingerprint density at radius 1 is 0.829 bits per heavy atom. The Hall–Kier alpha value is -3.44. The van der Waals surface area contributed by atoms with E-state index in [1.807, 2.05) is 30.3 Å². The van der Waals surface area contributed by atoms with Crippen molar-refractivity contribution in [1.82, 2.24) is 19.4 Å².